The van der Waals surface area contributed by atoms with Gasteiger partial charge in [-0.05, 0) is 79.9 Å². The fourth-order valence-electron chi connectivity index (χ4n) is 4.63. The lowest BCUT2D eigenvalue weighted by atomic mass is 9.94. The van der Waals surface area contributed by atoms with Crippen molar-refractivity contribution in [3.05, 3.63) is 56.5 Å². The third-order valence-corrected chi connectivity index (χ3v) is 8.67. The first-order chi connectivity index (χ1) is 15.0. The van der Waals surface area contributed by atoms with E-state index < -0.39 is 0 Å². The molecule has 1 N–H and O–H groups in total. The van der Waals surface area contributed by atoms with E-state index in [1.54, 1.807) is 0 Å². The average Bonchev–Trinajstić information content (AvgIpc) is 3.14. The summed E-state index contributed by atoms with van der Waals surface area (Å²) in [6.45, 7) is 2.84. The van der Waals surface area contributed by atoms with Crippen molar-refractivity contribution in [3.63, 3.8) is 0 Å². The van der Waals surface area contributed by atoms with E-state index in [0.717, 1.165) is 52.5 Å². The van der Waals surface area contributed by atoms with E-state index in [9.17, 15) is 4.79 Å². The molecule has 1 unspecified atom stereocenters. The van der Waals surface area contributed by atoms with Crippen LogP contribution >= 0.6 is 46.8 Å². The van der Waals surface area contributed by atoms with Crippen LogP contribution in [0.4, 0.5) is 5.69 Å². The van der Waals surface area contributed by atoms with Crippen molar-refractivity contribution < 1.29 is 4.79 Å². The van der Waals surface area contributed by atoms with Gasteiger partial charge in [-0.2, -0.15) is 0 Å². The molecule has 3 nitrogen and oxygen atoms in total. The van der Waals surface area contributed by atoms with Crippen LogP contribution in [-0.4, -0.2) is 23.4 Å². The molecule has 1 amide bonds. The van der Waals surface area contributed by atoms with Crippen LogP contribution in [-0.2, 0) is 11.2 Å². The molecule has 1 saturated heterocycles. The number of hydrogen-bond donors (Lipinski definition) is 1. The maximum Gasteiger partial charge on any atom is 0.226 e. The number of halogens is 3. The van der Waals surface area contributed by atoms with Gasteiger partial charge in [-0.25, -0.2) is 0 Å². The number of carbonyl (C=O) groups is 1. The molecule has 0 bridgehead atoms. The van der Waals surface area contributed by atoms with E-state index in [2.05, 4.69) is 9.62 Å². The highest BCUT2D eigenvalue weighted by atomic mass is 35.5. The molecule has 4 rings (SSSR count). The molecule has 166 valence electrons. The van der Waals surface area contributed by atoms with Crippen LogP contribution in [0.2, 0.25) is 15.1 Å². The van der Waals surface area contributed by atoms with Crippen molar-refractivity contribution in [2.45, 2.75) is 62.8 Å². The third-order valence-electron chi connectivity index (χ3n) is 6.49. The molecule has 1 atom stereocenters. The Balaban J connectivity index is 1.46. The first-order valence-electron chi connectivity index (χ1n) is 10.9. The van der Waals surface area contributed by atoms with Crippen molar-refractivity contribution in [1.29, 1.82) is 0 Å². The zero-order chi connectivity index (χ0) is 22.0. The molecular weight excluding hydrogens is 471 g/mol. The Morgan fingerprint density at radius 1 is 1.03 bits per heavy atom. The van der Waals surface area contributed by atoms with E-state index >= 15 is 0 Å². The van der Waals surface area contributed by atoms with Crippen molar-refractivity contribution in [1.82, 2.24) is 4.90 Å². The first kappa shape index (κ1) is 23.1. The summed E-state index contributed by atoms with van der Waals surface area (Å²) in [5.41, 5.74) is 2.66. The largest absolute Gasteiger partial charge is 0.339 e. The smallest absolute Gasteiger partial charge is 0.226 e. The number of rotatable bonds is 6. The predicted octanol–water partition coefficient (Wildman–Crippen LogP) is 7.80. The Bertz CT molecular complexity index is 962. The van der Waals surface area contributed by atoms with Crippen molar-refractivity contribution in [2.75, 3.05) is 11.3 Å². The van der Waals surface area contributed by atoms with Crippen LogP contribution in [0.1, 0.15) is 49.7 Å². The highest BCUT2D eigenvalue weighted by Gasteiger charge is 2.36. The van der Waals surface area contributed by atoms with Gasteiger partial charge in [0.05, 0.1) is 10.7 Å². The Morgan fingerprint density at radius 2 is 1.81 bits per heavy atom. The summed E-state index contributed by atoms with van der Waals surface area (Å²) < 4.78 is 3.33. The maximum absolute atomic E-state index is 13.1. The van der Waals surface area contributed by atoms with E-state index in [1.165, 1.54) is 31.2 Å². The number of carbonyl (C=O) groups excluding carboxylic acids is 1. The van der Waals surface area contributed by atoms with E-state index in [0.29, 0.717) is 22.5 Å². The molecule has 1 heterocycles. The average molecular weight is 498 g/mol. The second-order valence-electron chi connectivity index (χ2n) is 8.47. The number of anilines is 1. The number of hydrogen-bond acceptors (Lipinski definition) is 3. The van der Waals surface area contributed by atoms with Crippen LogP contribution in [0.3, 0.4) is 0 Å². The second-order valence-corrected chi connectivity index (χ2v) is 10.5. The summed E-state index contributed by atoms with van der Waals surface area (Å²) >= 11 is 21.0. The quantitative estimate of drug-likeness (QED) is 0.413. The summed E-state index contributed by atoms with van der Waals surface area (Å²) in [6.07, 6.45) is 7.48. The predicted molar refractivity (Wildman–Crippen MR) is 133 cm³/mol. The standard InChI is InChI=1S/C24H27Cl3N2OS/c1-15-19(25)8-5-9-22(15)31-28-21-11-10-20(26)18(23(21)27)14-16-12-13-29(24(16)30)17-6-3-2-4-7-17/h5,8-11,16-17,28H,2-4,6-7,12-14H2,1H3. The Labute approximate surface area is 203 Å². The summed E-state index contributed by atoms with van der Waals surface area (Å²) in [7, 11) is 0. The molecule has 2 aliphatic rings. The molecule has 0 spiro atoms. The molecule has 2 aromatic carbocycles. The fourth-order valence-corrected chi connectivity index (χ4v) is 6.28. The molecule has 1 saturated carbocycles. The van der Waals surface area contributed by atoms with Crippen LogP contribution < -0.4 is 4.72 Å². The van der Waals surface area contributed by atoms with Crippen molar-refractivity contribution >= 4 is 58.3 Å². The topological polar surface area (TPSA) is 32.3 Å². The highest BCUT2D eigenvalue weighted by molar-refractivity contribution is 8.00. The summed E-state index contributed by atoms with van der Waals surface area (Å²) in [6, 6.07) is 9.98. The lowest BCUT2D eigenvalue weighted by Gasteiger charge is -2.31. The van der Waals surface area contributed by atoms with E-state index in [1.807, 2.05) is 37.3 Å². The van der Waals surface area contributed by atoms with Gasteiger partial charge in [0.25, 0.3) is 0 Å². The first-order valence-corrected chi connectivity index (χ1v) is 12.9. The minimum absolute atomic E-state index is 0.0463. The zero-order valence-electron chi connectivity index (χ0n) is 17.6. The molecule has 1 aliphatic heterocycles. The Kier molecular flexibility index (Phi) is 7.64. The molecule has 0 aromatic heterocycles. The van der Waals surface area contributed by atoms with Gasteiger partial charge < -0.3 is 9.62 Å². The minimum Gasteiger partial charge on any atom is -0.339 e. The molecule has 2 fully saturated rings. The molecule has 2 aromatic rings. The molecule has 31 heavy (non-hydrogen) atoms. The SMILES string of the molecule is Cc1c(Cl)cccc1SNc1ccc(Cl)c(CC2CCN(C3CCCCC3)C2=O)c1Cl. The van der Waals surface area contributed by atoms with Gasteiger partial charge in [0, 0.05) is 33.4 Å². The second kappa shape index (κ2) is 10.2. The number of likely N-dealkylation sites (tertiary alicyclic amines) is 1. The minimum atomic E-state index is -0.0463. The van der Waals surface area contributed by atoms with Crippen LogP contribution in [0, 0.1) is 12.8 Å². The highest BCUT2D eigenvalue weighted by Crippen LogP contribution is 2.39. The van der Waals surface area contributed by atoms with E-state index in [4.69, 9.17) is 34.8 Å². The van der Waals surface area contributed by atoms with Gasteiger partial charge in [0.15, 0.2) is 0 Å². The van der Waals surface area contributed by atoms with Crippen LogP contribution in [0.5, 0.6) is 0 Å². The van der Waals surface area contributed by atoms with Crippen molar-refractivity contribution in [3.8, 4) is 0 Å². The molecule has 0 radical (unpaired) electrons. The van der Waals surface area contributed by atoms with Crippen LogP contribution in [0.25, 0.3) is 0 Å². The number of benzene rings is 2. The van der Waals surface area contributed by atoms with Gasteiger partial charge in [0.1, 0.15) is 0 Å². The van der Waals surface area contributed by atoms with E-state index in [-0.39, 0.29) is 11.8 Å². The van der Waals surface area contributed by atoms with Gasteiger partial charge in [-0.3, -0.25) is 4.79 Å². The van der Waals surface area contributed by atoms with Gasteiger partial charge >= 0.3 is 0 Å². The Hall–Kier alpha value is -1.07. The summed E-state index contributed by atoms with van der Waals surface area (Å²) in [5, 5.41) is 1.93. The van der Waals surface area contributed by atoms with Crippen LogP contribution in [0.15, 0.2) is 35.2 Å². The normalized spacial score (nSPS) is 19.8. The monoisotopic (exact) mass is 496 g/mol. The lowest BCUT2D eigenvalue weighted by Crippen LogP contribution is -2.39. The molecule has 1 aliphatic carbocycles. The van der Waals surface area contributed by atoms with Gasteiger partial charge in [0.2, 0.25) is 5.91 Å². The number of nitrogens with zero attached hydrogens (tertiary/aromatic N) is 1. The Morgan fingerprint density at radius 3 is 2.58 bits per heavy atom. The fraction of sp³-hybridized carbons (Fsp3) is 0.458. The van der Waals surface area contributed by atoms with Crippen molar-refractivity contribution in [2.24, 2.45) is 5.92 Å². The maximum atomic E-state index is 13.1. The third kappa shape index (κ3) is 5.13. The lowest BCUT2D eigenvalue weighted by molar-refractivity contribution is -0.133. The van der Waals surface area contributed by atoms with Gasteiger partial charge in [-0.15, -0.1) is 0 Å². The zero-order valence-corrected chi connectivity index (χ0v) is 20.7. The number of nitrogens with one attached hydrogen (secondary N) is 1. The molecule has 7 heteroatoms. The molecular formula is C24H27Cl3N2OS. The summed E-state index contributed by atoms with van der Waals surface area (Å²) in [4.78, 5) is 16.3. The van der Waals surface area contributed by atoms with Gasteiger partial charge in [-0.1, -0.05) is 60.1 Å². The summed E-state index contributed by atoms with van der Waals surface area (Å²) in [5.74, 6) is 0.219. The number of amides is 1.